The first-order chi connectivity index (χ1) is 8.15. The number of nitrogens with zero attached hydrogens (tertiary/aromatic N) is 2. The lowest BCUT2D eigenvalue weighted by Gasteiger charge is -2.19. The molecule has 0 fully saturated rings. The minimum Gasteiger partial charge on any atom is -0.362 e. The Labute approximate surface area is 109 Å². The molecular weight excluding hydrogens is 230 g/mol. The van der Waals surface area contributed by atoms with Gasteiger partial charge in [0.25, 0.3) is 0 Å². The largest absolute Gasteiger partial charge is 0.362 e. The van der Waals surface area contributed by atoms with Crippen LogP contribution >= 0.6 is 11.3 Å². The highest BCUT2D eigenvalue weighted by atomic mass is 32.1. The molecule has 0 aromatic carbocycles. The van der Waals surface area contributed by atoms with Gasteiger partial charge < -0.3 is 10.2 Å². The van der Waals surface area contributed by atoms with Gasteiger partial charge in [-0.3, -0.25) is 0 Å². The molecule has 0 saturated carbocycles. The Kier molecular flexibility index (Phi) is 6.52. The van der Waals surface area contributed by atoms with E-state index in [1.807, 2.05) is 6.20 Å². The number of nitrogens with one attached hydrogen (secondary N) is 1. The standard InChI is InChI=1S/C13H25N3S/c1-5-7-14-13-15-8-12(17-13)10-16(4)9-11(3)6-2/h8,11H,5-7,9-10H2,1-4H3,(H,14,15). The van der Waals surface area contributed by atoms with Gasteiger partial charge in [0.05, 0.1) is 0 Å². The molecule has 0 aliphatic carbocycles. The SMILES string of the molecule is CCCNc1ncc(CN(C)CC(C)CC)s1. The van der Waals surface area contributed by atoms with Crippen LogP contribution in [0.4, 0.5) is 5.13 Å². The maximum absolute atomic E-state index is 4.39. The molecule has 0 spiro atoms. The Morgan fingerprint density at radius 2 is 2.24 bits per heavy atom. The van der Waals surface area contributed by atoms with E-state index in [1.165, 1.54) is 11.3 Å². The van der Waals surface area contributed by atoms with E-state index in [0.29, 0.717) is 0 Å². The normalized spacial score (nSPS) is 13.0. The van der Waals surface area contributed by atoms with Crippen molar-refractivity contribution in [3.8, 4) is 0 Å². The summed E-state index contributed by atoms with van der Waals surface area (Å²) in [5, 5.41) is 4.38. The highest BCUT2D eigenvalue weighted by Crippen LogP contribution is 2.19. The van der Waals surface area contributed by atoms with Crippen molar-refractivity contribution in [1.82, 2.24) is 9.88 Å². The van der Waals surface area contributed by atoms with E-state index in [9.17, 15) is 0 Å². The van der Waals surface area contributed by atoms with E-state index in [-0.39, 0.29) is 0 Å². The molecule has 1 N–H and O–H groups in total. The van der Waals surface area contributed by atoms with Crippen molar-refractivity contribution in [2.45, 2.75) is 40.2 Å². The summed E-state index contributed by atoms with van der Waals surface area (Å²) in [6.45, 7) is 9.90. The minimum absolute atomic E-state index is 0.769. The zero-order chi connectivity index (χ0) is 12.7. The molecule has 17 heavy (non-hydrogen) atoms. The summed E-state index contributed by atoms with van der Waals surface area (Å²) in [7, 11) is 2.19. The van der Waals surface area contributed by atoms with Crippen LogP contribution in [0, 0.1) is 5.92 Å². The molecular formula is C13H25N3S. The summed E-state index contributed by atoms with van der Waals surface area (Å²) >= 11 is 1.77. The number of aromatic nitrogens is 1. The van der Waals surface area contributed by atoms with Gasteiger partial charge in [-0.1, -0.05) is 27.2 Å². The van der Waals surface area contributed by atoms with Gasteiger partial charge in [-0.25, -0.2) is 4.98 Å². The van der Waals surface area contributed by atoms with Crippen molar-refractivity contribution in [3.05, 3.63) is 11.1 Å². The Morgan fingerprint density at radius 1 is 1.47 bits per heavy atom. The van der Waals surface area contributed by atoms with Crippen molar-refractivity contribution in [2.75, 3.05) is 25.5 Å². The zero-order valence-corrected chi connectivity index (χ0v) is 12.3. The first-order valence-corrected chi connectivity index (χ1v) is 7.34. The fourth-order valence-electron chi connectivity index (χ4n) is 1.69. The molecule has 0 aliphatic heterocycles. The number of anilines is 1. The maximum atomic E-state index is 4.39. The molecule has 0 radical (unpaired) electrons. The second-order valence-corrected chi connectivity index (χ2v) is 5.88. The summed E-state index contributed by atoms with van der Waals surface area (Å²) in [5.74, 6) is 0.769. The molecule has 3 nitrogen and oxygen atoms in total. The van der Waals surface area contributed by atoms with E-state index >= 15 is 0 Å². The average molecular weight is 255 g/mol. The average Bonchev–Trinajstić information content (AvgIpc) is 2.73. The van der Waals surface area contributed by atoms with E-state index < -0.39 is 0 Å². The lowest BCUT2D eigenvalue weighted by Crippen LogP contribution is -2.23. The van der Waals surface area contributed by atoms with Crippen LogP contribution in [0.25, 0.3) is 0 Å². The first-order valence-electron chi connectivity index (χ1n) is 6.52. The van der Waals surface area contributed by atoms with Crippen molar-refractivity contribution in [1.29, 1.82) is 0 Å². The van der Waals surface area contributed by atoms with Crippen LogP contribution in [0.1, 0.15) is 38.5 Å². The lowest BCUT2D eigenvalue weighted by molar-refractivity contribution is 0.277. The first kappa shape index (κ1) is 14.5. The van der Waals surface area contributed by atoms with Gasteiger partial charge in [-0.15, -0.1) is 11.3 Å². The Balaban J connectivity index is 2.37. The van der Waals surface area contributed by atoms with E-state index in [2.05, 4.69) is 43.0 Å². The van der Waals surface area contributed by atoms with Gasteiger partial charge in [0.15, 0.2) is 5.13 Å². The molecule has 0 saturated heterocycles. The summed E-state index contributed by atoms with van der Waals surface area (Å²) in [4.78, 5) is 8.11. The monoisotopic (exact) mass is 255 g/mol. The van der Waals surface area contributed by atoms with E-state index in [1.54, 1.807) is 11.3 Å². The van der Waals surface area contributed by atoms with Crippen LogP contribution in [-0.2, 0) is 6.54 Å². The fourth-order valence-corrected chi connectivity index (χ4v) is 2.60. The molecule has 0 aliphatic rings. The summed E-state index contributed by atoms with van der Waals surface area (Å²) < 4.78 is 0. The third-order valence-electron chi connectivity index (χ3n) is 2.83. The van der Waals surface area contributed by atoms with E-state index in [0.717, 1.165) is 37.1 Å². The zero-order valence-electron chi connectivity index (χ0n) is 11.5. The van der Waals surface area contributed by atoms with Crippen molar-refractivity contribution < 1.29 is 0 Å². The molecule has 1 aromatic heterocycles. The van der Waals surface area contributed by atoms with Crippen molar-refractivity contribution in [2.24, 2.45) is 5.92 Å². The Morgan fingerprint density at radius 3 is 2.88 bits per heavy atom. The van der Waals surface area contributed by atoms with Crippen LogP contribution in [0.5, 0.6) is 0 Å². The highest BCUT2D eigenvalue weighted by Gasteiger charge is 2.07. The van der Waals surface area contributed by atoms with Gasteiger partial charge in [0, 0.05) is 30.7 Å². The topological polar surface area (TPSA) is 28.2 Å². The molecule has 1 unspecified atom stereocenters. The molecule has 1 atom stereocenters. The van der Waals surface area contributed by atoms with Crippen molar-refractivity contribution >= 4 is 16.5 Å². The number of hydrogen-bond acceptors (Lipinski definition) is 4. The Bertz CT molecular complexity index is 311. The number of rotatable bonds is 8. The Hall–Kier alpha value is -0.610. The molecule has 98 valence electrons. The molecule has 1 rings (SSSR count). The number of thiazole rings is 1. The molecule has 4 heteroatoms. The van der Waals surface area contributed by atoms with Crippen LogP contribution in [0.15, 0.2) is 6.20 Å². The second kappa shape index (κ2) is 7.67. The predicted octanol–water partition coefficient (Wildman–Crippen LogP) is 3.44. The predicted molar refractivity (Wildman–Crippen MR) is 76.7 cm³/mol. The minimum atomic E-state index is 0.769. The third-order valence-corrected chi connectivity index (χ3v) is 3.77. The third kappa shape index (κ3) is 5.50. The number of hydrogen-bond donors (Lipinski definition) is 1. The summed E-state index contributed by atoms with van der Waals surface area (Å²) in [6.07, 6.45) is 4.38. The highest BCUT2D eigenvalue weighted by molar-refractivity contribution is 7.15. The van der Waals surface area contributed by atoms with Gasteiger partial charge in [0.2, 0.25) is 0 Å². The van der Waals surface area contributed by atoms with Crippen LogP contribution in [-0.4, -0.2) is 30.0 Å². The van der Waals surface area contributed by atoms with E-state index in [4.69, 9.17) is 0 Å². The molecule has 0 bridgehead atoms. The fraction of sp³-hybridized carbons (Fsp3) is 0.769. The van der Waals surface area contributed by atoms with Crippen LogP contribution < -0.4 is 5.32 Å². The summed E-state index contributed by atoms with van der Waals surface area (Å²) in [5.41, 5.74) is 0. The molecule has 1 heterocycles. The molecule has 0 amide bonds. The summed E-state index contributed by atoms with van der Waals surface area (Å²) in [6, 6.07) is 0. The van der Waals surface area contributed by atoms with Gasteiger partial charge in [0.1, 0.15) is 0 Å². The second-order valence-electron chi connectivity index (χ2n) is 4.77. The van der Waals surface area contributed by atoms with Crippen LogP contribution in [0.3, 0.4) is 0 Å². The van der Waals surface area contributed by atoms with Gasteiger partial charge >= 0.3 is 0 Å². The smallest absolute Gasteiger partial charge is 0.182 e. The molecule has 1 aromatic rings. The van der Waals surface area contributed by atoms with Gasteiger partial charge in [-0.2, -0.15) is 0 Å². The quantitative estimate of drug-likeness (QED) is 0.771. The van der Waals surface area contributed by atoms with Crippen molar-refractivity contribution in [3.63, 3.8) is 0 Å². The lowest BCUT2D eigenvalue weighted by atomic mass is 10.1. The van der Waals surface area contributed by atoms with Crippen LogP contribution in [0.2, 0.25) is 0 Å². The maximum Gasteiger partial charge on any atom is 0.182 e. The van der Waals surface area contributed by atoms with Gasteiger partial charge in [-0.05, 0) is 19.4 Å².